The molecule has 88 valence electrons. The lowest BCUT2D eigenvalue weighted by Gasteiger charge is -2.35. The second-order valence-corrected chi connectivity index (χ2v) is 6.26. The Hall–Kier alpha value is -0.910. The molecule has 5 heteroatoms. The molecule has 0 spiro atoms. The van der Waals surface area contributed by atoms with Gasteiger partial charge in [0.15, 0.2) is 0 Å². The van der Waals surface area contributed by atoms with Crippen molar-refractivity contribution in [3.63, 3.8) is 0 Å². The highest BCUT2D eigenvalue weighted by Gasteiger charge is 2.35. The second kappa shape index (κ2) is 3.84. The summed E-state index contributed by atoms with van der Waals surface area (Å²) in [7, 11) is -3.33. The highest BCUT2D eigenvalue weighted by molar-refractivity contribution is 7.89. The molecule has 0 bridgehead atoms. The van der Waals surface area contributed by atoms with E-state index in [1.54, 1.807) is 6.07 Å². The van der Waals surface area contributed by atoms with Crippen LogP contribution in [0.4, 0.5) is 0 Å². The fraction of sp³-hybridized carbons (Fsp3) is 0.455. The zero-order valence-electron chi connectivity index (χ0n) is 9.47. The zero-order valence-corrected chi connectivity index (χ0v) is 10.3. The molecule has 1 aliphatic heterocycles. The topological polar surface area (TPSA) is 63.4 Å². The Morgan fingerprint density at radius 2 is 1.94 bits per heavy atom. The summed E-state index contributed by atoms with van der Waals surface area (Å²) in [5, 5.41) is 0. The van der Waals surface area contributed by atoms with Crippen LogP contribution in [0.25, 0.3) is 0 Å². The third-order valence-electron chi connectivity index (χ3n) is 2.84. The first-order chi connectivity index (χ1) is 7.41. The lowest BCUT2D eigenvalue weighted by atomic mass is 10.2. The molecule has 4 nitrogen and oxygen atoms in total. The van der Waals surface area contributed by atoms with Crippen LogP contribution in [-0.2, 0) is 10.0 Å². The maximum Gasteiger partial charge on any atom is 0.243 e. The van der Waals surface area contributed by atoms with Crippen molar-refractivity contribution in [2.75, 3.05) is 13.1 Å². The molecule has 0 aromatic heterocycles. The van der Waals surface area contributed by atoms with E-state index in [-0.39, 0.29) is 6.04 Å². The Bertz CT molecular complexity index is 505. The molecule has 1 heterocycles. The number of hydrogen-bond donors (Lipinski definition) is 1. The Morgan fingerprint density at radius 1 is 1.31 bits per heavy atom. The number of hydrogen-bond acceptors (Lipinski definition) is 3. The van der Waals surface area contributed by atoms with Gasteiger partial charge in [0.1, 0.15) is 0 Å². The van der Waals surface area contributed by atoms with Crippen molar-refractivity contribution in [1.29, 1.82) is 0 Å². The highest BCUT2D eigenvalue weighted by Crippen LogP contribution is 2.24. The van der Waals surface area contributed by atoms with Gasteiger partial charge in [0.2, 0.25) is 10.0 Å². The van der Waals surface area contributed by atoms with Crippen molar-refractivity contribution in [2.45, 2.75) is 24.8 Å². The molecule has 0 unspecified atom stereocenters. The van der Waals surface area contributed by atoms with Crippen molar-refractivity contribution >= 4 is 10.0 Å². The first-order valence-corrected chi connectivity index (χ1v) is 6.68. The quantitative estimate of drug-likeness (QED) is 0.825. The van der Waals surface area contributed by atoms with Gasteiger partial charge in [-0.05, 0) is 31.0 Å². The molecule has 1 fully saturated rings. The lowest BCUT2D eigenvalue weighted by Crippen LogP contribution is -2.57. The van der Waals surface area contributed by atoms with Gasteiger partial charge in [0.25, 0.3) is 0 Å². The summed E-state index contributed by atoms with van der Waals surface area (Å²) < 4.78 is 25.8. The van der Waals surface area contributed by atoms with Gasteiger partial charge >= 0.3 is 0 Å². The average molecular weight is 240 g/mol. The number of nitrogens with two attached hydrogens (primary N) is 1. The number of nitrogens with zero attached hydrogens (tertiary/aromatic N) is 1. The van der Waals surface area contributed by atoms with Crippen LogP contribution in [0, 0.1) is 13.8 Å². The third kappa shape index (κ3) is 1.86. The maximum absolute atomic E-state index is 12.2. The maximum atomic E-state index is 12.2. The number of sulfonamides is 1. The van der Waals surface area contributed by atoms with E-state index in [1.807, 2.05) is 26.0 Å². The van der Waals surface area contributed by atoms with Crippen molar-refractivity contribution in [2.24, 2.45) is 5.73 Å². The van der Waals surface area contributed by atoms with Gasteiger partial charge in [-0.15, -0.1) is 0 Å². The van der Waals surface area contributed by atoms with Crippen molar-refractivity contribution in [3.05, 3.63) is 29.3 Å². The largest absolute Gasteiger partial charge is 0.325 e. The molecule has 0 saturated carbocycles. The first kappa shape index (κ1) is 11.6. The molecular weight excluding hydrogens is 224 g/mol. The number of aryl methyl sites for hydroxylation is 2. The summed E-state index contributed by atoms with van der Waals surface area (Å²) in [5.74, 6) is 0. The summed E-state index contributed by atoms with van der Waals surface area (Å²) in [6.07, 6.45) is 0. The Morgan fingerprint density at radius 3 is 2.50 bits per heavy atom. The summed E-state index contributed by atoms with van der Waals surface area (Å²) in [4.78, 5) is 0.402. The van der Waals surface area contributed by atoms with Crippen molar-refractivity contribution in [1.82, 2.24) is 4.31 Å². The van der Waals surface area contributed by atoms with E-state index < -0.39 is 10.0 Å². The van der Waals surface area contributed by atoms with E-state index in [0.717, 1.165) is 11.1 Å². The highest BCUT2D eigenvalue weighted by atomic mass is 32.2. The molecule has 0 aliphatic carbocycles. The van der Waals surface area contributed by atoms with E-state index in [0.29, 0.717) is 18.0 Å². The first-order valence-electron chi connectivity index (χ1n) is 5.24. The van der Waals surface area contributed by atoms with E-state index in [4.69, 9.17) is 5.73 Å². The standard InChI is InChI=1S/C11H16N2O2S/c1-8-3-4-9(2)11(5-8)16(14,15)13-6-10(12)7-13/h3-5,10H,6-7,12H2,1-2H3. The van der Waals surface area contributed by atoms with Crippen LogP contribution in [0.1, 0.15) is 11.1 Å². The van der Waals surface area contributed by atoms with Gasteiger partial charge in [0.05, 0.1) is 4.90 Å². The minimum absolute atomic E-state index is 0.0140. The lowest BCUT2D eigenvalue weighted by molar-refractivity contribution is 0.265. The predicted molar refractivity (Wildman–Crippen MR) is 62.7 cm³/mol. The smallest absolute Gasteiger partial charge is 0.243 e. The van der Waals surface area contributed by atoms with Gasteiger partial charge in [-0.1, -0.05) is 12.1 Å². The van der Waals surface area contributed by atoms with Crippen LogP contribution >= 0.6 is 0 Å². The van der Waals surface area contributed by atoms with Gasteiger partial charge in [-0.3, -0.25) is 0 Å². The molecule has 1 aromatic carbocycles. The minimum atomic E-state index is -3.33. The normalized spacial score (nSPS) is 18.4. The van der Waals surface area contributed by atoms with E-state index in [1.165, 1.54) is 4.31 Å². The molecule has 1 saturated heterocycles. The van der Waals surface area contributed by atoms with E-state index >= 15 is 0 Å². The minimum Gasteiger partial charge on any atom is -0.325 e. The fourth-order valence-electron chi connectivity index (χ4n) is 1.79. The van der Waals surface area contributed by atoms with Crippen molar-refractivity contribution in [3.8, 4) is 0 Å². The van der Waals surface area contributed by atoms with Gasteiger partial charge < -0.3 is 5.73 Å². The van der Waals surface area contributed by atoms with E-state index in [9.17, 15) is 8.42 Å². The molecule has 0 amide bonds. The summed E-state index contributed by atoms with van der Waals surface area (Å²) in [6.45, 7) is 4.55. The third-order valence-corrected chi connectivity index (χ3v) is 4.81. The zero-order chi connectivity index (χ0) is 11.9. The van der Waals surface area contributed by atoms with E-state index in [2.05, 4.69) is 0 Å². The summed E-state index contributed by atoms with van der Waals surface area (Å²) >= 11 is 0. The molecule has 16 heavy (non-hydrogen) atoms. The summed E-state index contributed by atoms with van der Waals surface area (Å²) in [6, 6.07) is 5.45. The molecule has 2 rings (SSSR count). The van der Waals surface area contributed by atoms with Crippen LogP contribution < -0.4 is 5.73 Å². The van der Waals surface area contributed by atoms with Crippen LogP contribution in [-0.4, -0.2) is 31.9 Å². The van der Waals surface area contributed by atoms with Crippen LogP contribution in [0.5, 0.6) is 0 Å². The van der Waals surface area contributed by atoms with Gasteiger partial charge in [-0.25, -0.2) is 8.42 Å². The van der Waals surface area contributed by atoms with Gasteiger partial charge in [0, 0.05) is 19.1 Å². The fourth-order valence-corrected chi connectivity index (χ4v) is 3.65. The second-order valence-electron chi connectivity index (χ2n) is 4.35. The molecule has 1 aliphatic rings. The molecular formula is C11H16N2O2S. The predicted octanol–water partition coefficient (Wildman–Crippen LogP) is 0.635. The van der Waals surface area contributed by atoms with Crippen LogP contribution in [0.15, 0.2) is 23.1 Å². The van der Waals surface area contributed by atoms with Crippen molar-refractivity contribution < 1.29 is 8.42 Å². The number of rotatable bonds is 2. The summed E-state index contributed by atoms with van der Waals surface area (Å²) in [5.41, 5.74) is 7.34. The Balaban J connectivity index is 2.40. The molecule has 0 radical (unpaired) electrons. The number of benzene rings is 1. The van der Waals surface area contributed by atoms with Crippen LogP contribution in [0.3, 0.4) is 0 Å². The monoisotopic (exact) mass is 240 g/mol. The van der Waals surface area contributed by atoms with Gasteiger partial charge in [-0.2, -0.15) is 4.31 Å². The SMILES string of the molecule is Cc1ccc(C)c(S(=O)(=O)N2CC(N)C2)c1. The Labute approximate surface area is 96.1 Å². The molecule has 1 aromatic rings. The average Bonchev–Trinajstić information content (AvgIpc) is 2.16. The Kier molecular flexibility index (Phi) is 2.77. The molecule has 2 N–H and O–H groups in total. The van der Waals surface area contributed by atoms with Crippen LogP contribution in [0.2, 0.25) is 0 Å². The molecule has 0 atom stereocenters.